The van der Waals surface area contributed by atoms with Gasteiger partial charge in [-0.2, -0.15) is 4.31 Å². The number of piperazine rings is 1. The molecule has 1 aromatic rings. The number of carboxylic acids is 1. The van der Waals surface area contributed by atoms with Gasteiger partial charge in [-0.05, 0) is 12.1 Å². The fourth-order valence-corrected chi connectivity index (χ4v) is 4.15. The van der Waals surface area contributed by atoms with Crippen LogP contribution in [0.15, 0.2) is 24.3 Å². The fourth-order valence-electron chi connectivity index (χ4n) is 3.33. The molecule has 9 heteroatoms. The third-order valence-corrected chi connectivity index (χ3v) is 6.00. The lowest BCUT2D eigenvalue weighted by Crippen LogP contribution is -2.48. The summed E-state index contributed by atoms with van der Waals surface area (Å²) in [6.07, 6.45) is 1.21. The number of nitrogens with zero attached hydrogens (tertiary/aromatic N) is 3. The van der Waals surface area contributed by atoms with E-state index in [-0.39, 0.29) is 18.9 Å². The van der Waals surface area contributed by atoms with Gasteiger partial charge in [-0.1, -0.05) is 12.1 Å². The van der Waals surface area contributed by atoms with Crippen LogP contribution in [0.25, 0.3) is 0 Å². The molecular weight excluding hydrogens is 346 g/mol. The van der Waals surface area contributed by atoms with Crippen LogP contribution < -0.4 is 9.80 Å². The highest BCUT2D eigenvalue weighted by molar-refractivity contribution is 7.88. The van der Waals surface area contributed by atoms with Gasteiger partial charge in [-0.25, -0.2) is 8.42 Å². The number of sulfonamides is 1. The molecule has 3 rings (SSSR count). The molecule has 0 unspecified atom stereocenters. The van der Waals surface area contributed by atoms with Crippen molar-refractivity contribution in [3.05, 3.63) is 24.3 Å². The predicted octanol–water partition coefficient (Wildman–Crippen LogP) is 0.206. The molecule has 0 aromatic heterocycles. The van der Waals surface area contributed by atoms with Crippen LogP contribution in [0.2, 0.25) is 0 Å². The maximum Gasteiger partial charge on any atom is 0.308 e. The lowest BCUT2D eigenvalue weighted by molar-refractivity contribution is -0.141. The van der Waals surface area contributed by atoms with Gasteiger partial charge in [0.15, 0.2) is 0 Å². The van der Waals surface area contributed by atoms with Crippen LogP contribution in [-0.2, 0) is 19.6 Å². The smallest absolute Gasteiger partial charge is 0.308 e. The van der Waals surface area contributed by atoms with Crippen LogP contribution >= 0.6 is 0 Å². The van der Waals surface area contributed by atoms with E-state index in [1.807, 2.05) is 23.1 Å². The minimum Gasteiger partial charge on any atom is -0.481 e. The highest BCUT2D eigenvalue weighted by Crippen LogP contribution is 2.34. The number of hydrogen-bond acceptors (Lipinski definition) is 5. The van der Waals surface area contributed by atoms with Gasteiger partial charge in [-0.15, -0.1) is 0 Å². The van der Waals surface area contributed by atoms with E-state index in [1.165, 1.54) is 15.5 Å². The van der Waals surface area contributed by atoms with Crippen LogP contribution in [0.3, 0.4) is 0 Å². The van der Waals surface area contributed by atoms with E-state index in [1.54, 1.807) is 6.07 Å². The summed E-state index contributed by atoms with van der Waals surface area (Å²) in [5.41, 5.74) is 1.51. The van der Waals surface area contributed by atoms with E-state index in [2.05, 4.69) is 0 Å². The first-order valence-corrected chi connectivity index (χ1v) is 9.94. The van der Waals surface area contributed by atoms with Gasteiger partial charge in [-0.3, -0.25) is 9.59 Å². The predicted molar refractivity (Wildman–Crippen MR) is 93.2 cm³/mol. The highest BCUT2D eigenvalue weighted by Gasteiger charge is 2.36. The SMILES string of the molecule is CS(=O)(=O)N1CCN(c2ccccc2N2C[C@@H](C(=O)O)CC2=O)CC1. The first-order chi connectivity index (χ1) is 11.8. The number of carbonyl (C=O) groups is 2. The molecule has 1 amide bonds. The summed E-state index contributed by atoms with van der Waals surface area (Å²) < 4.78 is 24.7. The third kappa shape index (κ3) is 3.62. The monoisotopic (exact) mass is 367 g/mol. The summed E-state index contributed by atoms with van der Waals surface area (Å²) in [5.74, 6) is -1.85. The lowest BCUT2D eigenvalue weighted by atomic mass is 10.1. The van der Waals surface area contributed by atoms with Crippen LogP contribution in [0.5, 0.6) is 0 Å². The molecule has 2 fully saturated rings. The summed E-state index contributed by atoms with van der Waals surface area (Å²) in [6, 6.07) is 7.36. The van der Waals surface area contributed by atoms with Crippen LogP contribution in [0, 0.1) is 5.92 Å². The molecule has 1 N–H and O–H groups in total. The Hall–Kier alpha value is -2.13. The van der Waals surface area contributed by atoms with E-state index >= 15 is 0 Å². The second kappa shape index (κ2) is 6.64. The second-order valence-corrected chi connectivity index (χ2v) is 8.36. The topological polar surface area (TPSA) is 98.2 Å². The fraction of sp³-hybridized carbons (Fsp3) is 0.500. The van der Waals surface area contributed by atoms with E-state index in [9.17, 15) is 18.0 Å². The Morgan fingerprint density at radius 1 is 1.12 bits per heavy atom. The maximum atomic E-state index is 12.3. The molecule has 1 aromatic carbocycles. The summed E-state index contributed by atoms with van der Waals surface area (Å²) in [4.78, 5) is 27.0. The Kier molecular flexibility index (Phi) is 4.70. The Labute approximate surface area is 146 Å². The zero-order chi connectivity index (χ0) is 18.2. The standard InChI is InChI=1S/C16H21N3O5S/c1-25(23,24)18-8-6-17(7-9-18)13-4-2-3-5-14(13)19-11-12(16(21)22)10-15(19)20/h2-5,12H,6-11H2,1H3,(H,21,22)/t12-/m0/s1. The van der Waals surface area contributed by atoms with E-state index < -0.39 is 21.9 Å². The quantitative estimate of drug-likeness (QED) is 0.817. The van der Waals surface area contributed by atoms with Gasteiger partial charge in [0.25, 0.3) is 0 Å². The van der Waals surface area contributed by atoms with E-state index in [0.29, 0.717) is 31.9 Å². The molecule has 25 heavy (non-hydrogen) atoms. The van der Waals surface area contributed by atoms with Crippen molar-refractivity contribution < 1.29 is 23.1 Å². The van der Waals surface area contributed by atoms with Gasteiger partial charge in [0, 0.05) is 39.1 Å². The summed E-state index contributed by atoms with van der Waals surface area (Å²) in [7, 11) is -3.21. The average molecular weight is 367 g/mol. The van der Waals surface area contributed by atoms with Gasteiger partial charge in [0.2, 0.25) is 15.9 Å². The van der Waals surface area contributed by atoms with Gasteiger partial charge in [0.1, 0.15) is 0 Å². The first-order valence-electron chi connectivity index (χ1n) is 8.09. The third-order valence-electron chi connectivity index (χ3n) is 4.70. The number of amides is 1. The van der Waals surface area contributed by atoms with E-state index in [0.717, 1.165) is 5.69 Å². The lowest BCUT2D eigenvalue weighted by Gasteiger charge is -2.36. The number of benzene rings is 1. The van der Waals surface area contributed by atoms with Crippen LogP contribution in [-0.4, -0.2) is 68.7 Å². The molecule has 0 bridgehead atoms. The molecule has 2 aliphatic rings. The van der Waals surface area contributed by atoms with Crippen molar-refractivity contribution >= 4 is 33.3 Å². The maximum absolute atomic E-state index is 12.3. The molecule has 0 saturated carbocycles. The van der Waals surface area contributed by atoms with Crippen molar-refractivity contribution in [1.82, 2.24) is 4.31 Å². The molecular formula is C16H21N3O5S. The molecule has 136 valence electrons. The largest absolute Gasteiger partial charge is 0.481 e. The number of aliphatic carboxylic acids is 1. The Morgan fingerprint density at radius 3 is 2.24 bits per heavy atom. The Morgan fingerprint density at radius 2 is 1.72 bits per heavy atom. The summed E-state index contributed by atoms with van der Waals surface area (Å²) in [6.45, 7) is 1.98. The van der Waals surface area contributed by atoms with Crippen LogP contribution in [0.1, 0.15) is 6.42 Å². The van der Waals surface area contributed by atoms with Crippen molar-refractivity contribution in [3.8, 4) is 0 Å². The summed E-state index contributed by atoms with van der Waals surface area (Å²) >= 11 is 0. The van der Waals surface area contributed by atoms with Gasteiger partial charge in [0.05, 0.1) is 23.5 Å². The molecule has 0 radical (unpaired) electrons. The zero-order valence-corrected chi connectivity index (χ0v) is 14.8. The minimum atomic E-state index is -3.21. The van der Waals surface area contributed by atoms with Crippen molar-refractivity contribution in [2.24, 2.45) is 5.92 Å². The summed E-state index contributed by atoms with van der Waals surface area (Å²) in [5, 5.41) is 9.17. The van der Waals surface area contributed by atoms with Crippen molar-refractivity contribution in [1.29, 1.82) is 0 Å². The number of anilines is 2. The molecule has 2 aliphatic heterocycles. The molecule has 0 spiro atoms. The van der Waals surface area contributed by atoms with Gasteiger partial charge >= 0.3 is 5.97 Å². The number of carbonyl (C=O) groups excluding carboxylic acids is 1. The molecule has 2 saturated heterocycles. The highest BCUT2D eigenvalue weighted by atomic mass is 32.2. The molecule has 2 heterocycles. The van der Waals surface area contributed by atoms with Crippen molar-refractivity contribution in [2.45, 2.75) is 6.42 Å². The molecule has 1 atom stereocenters. The number of hydrogen-bond donors (Lipinski definition) is 1. The first kappa shape index (κ1) is 17.7. The van der Waals surface area contributed by atoms with Crippen LogP contribution in [0.4, 0.5) is 11.4 Å². The van der Waals surface area contributed by atoms with Gasteiger partial charge < -0.3 is 14.9 Å². The molecule has 8 nitrogen and oxygen atoms in total. The normalized spacial score (nSPS) is 22.4. The zero-order valence-electron chi connectivity index (χ0n) is 14.0. The number of carboxylic acid groups (broad SMARTS) is 1. The van der Waals surface area contributed by atoms with Crippen molar-refractivity contribution in [3.63, 3.8) is 0 Å². The molecule has 0 aliphatic carbocycles. The Bertz CT molecular complexity index is 787. The number of rotatable bonds is 4. The van der Waals surface area contributed by atoms with Crippen molar-refractivity contribution in [2.75, 3.05) is 48.8 Å². The number of para-hydroxylation sites is 2. The minimum absolute atomic E-state index is 0.00548. The Balaban J connectivity index is 1.81. The average Bonchev–Trinajstić information content (AvgIpc) is 2.96. The second-order valence-electron chi connectivity index (χ2n) is 6.38. The van der Waals surface area contributed by atoms with E-state index in [4.69, 9.17) is 5.11 Å².